The topological polar surface area (TPSA) is 66.8 Å². The first-order valence-electron chi connectivity index (χ1n) is 8.84. The Bertz CT molecular complexity index is 702. The molecule has 6 heteroatoms. The van der Waals surface area contributed by atoms with Crippen molar-refractivity contribution in [1.82, 2.24) is 24.6 Å². The fourth-order valence-corrected chi connectivity index (χ4v) is 3.53. The molecule has 0 unspecified atom stereocenters. The van der Waals surface area contributed by atoms with E-state index in [0.717, 1.165) is 24.4 Å². The Morgan fingerprint density at radius 1 is 1.38 bits per heavy atom. The van der Waals surface area contributed by atoms with Gasteiger partial charge in [-0.05, 0) is 45.1 Å². The van der Waals surface area contributed by atoms with Crippen LogP contribution in [0.1, 0.15) is 61.4 Å². The Kier molecular flexibility index (Phi) is 5.02. The van der Waals surface area contributed by atoms with E-state index < -0.39 is 0 Å². The molecule has 0 aromatic carbocycles. The summed E-state index contributed by atoms with van der Waals surface area (Å²) in [6.07, 6.45) is 10.1. The highest BCUT2D eigenvalue weighted by molar-refractivity contribution is 5.76. The second-order valence-corrected chi connectivity index (χ2v) is 6.87. The van der Waals surface area contributed by atoms with Gasteiger partial charge in [0.2, 0.25) is 5.91 Å². The number of nitrogens with one attached hydrogen (secondary N) is 1. The maximum Gasteiger partial charge on any atom is 0.224 e. The Hall–Kier alpha value is -2.11. The van der Waals surface area contributed by atoms with Gasteiger partial charge in [0.15, 0.2) is 0 Å². The molecule has 0 bridgehead atoms. The van der Waals surface area contributed by atoms with Crippen LogP contribution in [0.4, 0.5) is 0 Å². The smallest absolute Gasteiger partial charge is 0.224 e. The van der Waals surface area contributed by atoms with Gasteiger partial charge in [0.05, 0.1) is 12.2 Å². The first-order valence-corrected chi connectivity index (χ1v) is 8.84. The lowest BCUT2D eigenvalue weighted by molar-refractivity contribution is -0.131. The lowest BCUT2D eigenvalue weighted by atomic mass is 10.1. The minimum Gasteiger partial charge on any atom is -0.340 e. The fourth-order valence-electron chi connectivity index (χ4n) is 3.53. The Balaban J connectivity index is 1.62. The molecular weight excluding hydrogens is 302 g/mol. The van der Waals surface area contributed by atoms with E-state index in [1.165, 1.54) is 30.5 Å². The van der Waals surface area contributed by atoms with Crippen molar-refractivity contribution in [2.24, 2.45) is 0 Å². The van der Waals surface area contributed by atoms with Crippen LogP contribution in [0, 0.1) is 6.92 Å². The van der Waals surface area contributed by atoms with Crippen molar-refractivity contribution in [3.05, 3.63) is 35.2 Å². The number of nitrogens with zero attached hydrogens (tertiary/aromatic N) is 4. The van der Waals surface area contributed by atoms with E-state index in [2.05, 4.69) is 22.1 Å². The SMILES string of the molecule is Cc1nccn1[C@H](C)CC(=O)N(C)Cc1n[nH]c2c1CCCCC2. The van der Waals surface area contributed by atoms with Gasteiger partial charge in [0.1, 0.15) is 5.82 Å². The van der Waals surface area contributed by atoms with Gasteiger partial charge in [-0.3, -0.25) is 9.89 Å². The Morgan fingerprint density at radius 3 is 2.92 bits per heavy atom. The van der Waals surface area contributed by atoms with Crippen molar-refractivity contribution in [2.75, 3.05) is 7.05 Å². The second kappa shape index (κ2) is 7.20. The maximum absolute atomic E-state index is 12.6. The first-order chi connectivity index (χ1) is 11.6. The number of amides is 1. The molecule has 3 rings (SSSR count). The second-order valence-electron chi connectivity index (χ2n) is 6.87. The van der Waals surface area contributed by atoms with Crippen LogP contribution < -0.4 is 0 Å². The number of aryl methyl sites for hydroxylation is 2. The number of aromatic amines is 1. The van der Waals surface area contributed by atoms with Gasteiger partial charge >= 0.3 is 0 Å². The van der Waals surface area contributed by atoms with Crippen molar-refractivity contribution in [3.8, 4) is 0 Å². The van der Waals surface area contributed by atoms with Crippen LogP contribution in [0.5, 0.6) is 0 Å². The lowest BCUT2D eigenvalue weighted by Crippen LogP contribution is -2.28. The summed E-state index contributed by atoms with van der Waals surface area (Å²) in [5.41, 5.74) is 3.64. The zero-order valence-corrected chi connectivity index (χ0v) is 14.9. The van der Waals surface area contributed by atoms with E-state index >= 15 is 0 Å². The first kappa shape index (κ1) is 16.7. The molecule has 1 aliphatic carbocycles. The van der Waals surface area contributed by atoms with E-state index in [4.69, 9.17) is 0 Å². The van der Waals surface area contributed by atoms with Gasteiger partial charge < -0.3 is 9.47 Å². The number of rotatable bonds is 5. The van der Waals surface area contributed by atoms with E-state index in [-0.39, 0.29) is 11.9 Å². The molecular formula is C18H27N5O. The molecule has 0 saturated heterocycles. The van der Waals surface area contributed by atoms with E-state index in [0.29, 0.717) is 13.0 Å². The molecule has 0 spiro atoms. The van der Waals surface area contributed by atoms with Crippen molar-refractivity contribution in [1.29, 1.82) is 0 Å². The predicted octanol–water partition coefficient (Wildman–Crippen LogP) is 2.79. The normalized spacial score (nSPS) is 15.6. The van der Waals surface area contributed by atoms with Crippen LogP contribution in [0.25, 0.3) is 0 Å². The number of imidazole rings is 1. The maximum atomic E-state index is 12.6. The lowest BCUT2D eigenvalue weighted by Gasteiger charge is -2.20. The van der Waals surface area contributed by atoms with Crippen LogP contribution in [-0.4, -0.2) is 37.6 Å². The molecule has 1 aliphatic rings. The third-order valence-electron chi connectivity index (χ3n) is 5.01. The summed E-state index contributed by atoms with van der Waals surface area (Å²) >= 11 is 0. The summed E-state index contributed by atoms with van der Waals surface area (Å²) in [6, 6.07) is 0.110. The summed E-state index contributed by atoms with van der Waals surface area (Å²) in [5.74, 6) is 1.08. The molecule has 1 amide bonds. The van der Waals surface area contributed by atoms with Crippen LogP contribution in [0.15, 0.2) is 12.4 Å². The molecule has 2 aromatic heterocycles. The Labute approximate surface area is 143 Å². The van der Waals surface area contributed by atoms with Crippen molar-refractivity contribution in [3.63, 3.8) is 0 Å². The number of hydrogen-bond acceptors (Lipinski definition) is 3. The van der Waals surface area contributed by atoms with Gasteiger partial charge in [-0.15, -0.1) is 0 Å². The monoisotopic (exact) mass is 329 g/mol. The number of H-pyrrole nitrogens is 1. The zero-order chi connectivity index (χ0) is 17.1. The van der Waals surface area contributed by atoms with E-state index in [1.807, 2.05) is 24.7 Å². The molecule has 0 aliphatic heterocycles. The molecule has 0 radical (unpaired) electrons. The quantitative estimate of drug-likeness (QED) is 0.858. The molecule has 0 fully saturated rings. The summed E-state index contributed by atoms with van der Waals surface area (Å²) in [6.45, 7) is 4.60. The third kappa shape index (κ3) is 3.52. The van der Waals surface area contributed by atoms with Crippen LogP contribution in [0.2, 0.25) is 0 Å². The van der Waals surface area contributed by atoms with Crippen LogP contribution in [0.3, 0.4) is 0 Å². The molecule has 1 N–H and O–H groups in total. The molecule has 130 valence electrons. The molecule has 1 atom stereocenters. The molecule has 6 nitrogen and oxygen atoms in total. The predicted molar refractivity (Wildman–Crippen MR) is 92.6 cm³/mol. The minimum atomic E-state index is 0.110. The molecule has 24 heavy (non-hydrogen) atoms. The summed E-state index contributed by atoms with van der Waals surface area (Å²) < 4.78 is 2.05. The highest BCUT2D eigenvalue weighted by Gasteiger charge is 2.20. The van der Waals surface area contributed by atoms with Crippen molar-refractivity contribution in [2.45, 2.75) is 65.0 Å². The van der Waals surface area contributed by atoms with Crippen LogP contribution in [-0.2, 0) is 24.2 Å². The van der Waals surface area contributed by atoms with Crippen LogP contribution >= 0.6 is 0 Å². The van der Waals surface area contributed by atoms with Gasteiger partial charge in [0, 0.05) is 37.6 Å². The number of hydrogen-bond donors (Lipinski definition) is 1. The Morgan fingerprint density at radius 2 is 2.17 bits per heavy atom. The minimum absolute atomic E-state index is 0.110. The standard InChI is InChI=1S/C18H27N5O/c1-13(23-10-9-19-14(23)2)11-18(24)22(3)12-17-15-7-5-4-6-8-16(15)20-21-17/h9-10,13H,4-8,11-12H2,1-3H3,(H,20,21)/t13-/m1/s1. The van der Waals surface area contributed by atoms with Gasteiger partial charge in [-0.2, -0.15) is 5.10 Å². The number of aromatic nitrogens is 4. The zero-order valence-electron chi connectivity index (χ0n) is 14.9. The highest BCUT2D eigenvalue weighted by atomic mass is 16.2. The summed E-state index contributed by atoms with van der Waals surface area (Å²) in [5, 5.41) is 7.65. The van der Waals surface area contributed by atoms with Gasteiger partial charge in [-0.1, -0.05) is 6.42 Å². The molecule has 0 saturated carbocycles. The van der Waals surface area contributed by atoms with Gasteiger partial charge in [0.25, 0.3) is 0 Å². The number of carbonyl (C=O) groups is 1. The van der Waals surface area contributed by atoms with E-state index in [9.17, 15) is 4.79 Å². The summed E-state index contributed by atoms with van der Waals surface area (Å²) in [4.78, 5) is 18.6. The average molecular weight is 329 g/mol. The van der Waals surface area contributed by atoms with E-state index in [1.54, 1.807) is 11.1 Å². The van der Waals surface area contributed by atoms with Crippen molar-refractivity contribution >= 4 is 5.91 Å². The molecule has 2 aromatic rings. The fraction of sp³-hybridized carbons (Fsp3) is 0.611. The molecule has 2 heterocycles. The van der Waals surface area contributed by atoms with Crippen molar-refractivity contribution < 1.29 is 4.79 Å². The third-order valence-corrected chi connectivity index (χ3v) is 5.01. The highest BCUT2D eigenvalue weighted by Crippen LogP contribution is 2.23. The number of fused-ring (bicyclic) bond motifs is 1. The average Bonchev–Trinajstić information content (AvgIpc) is 3.06. The largest absolute Gasteiger partial charge is 0.340 e. The number of carbonyl (C=O) groups excluding carboxylic acids is 1. The van der Waals surface area contributed by atoms with Gasteiger partial charge in [-0.25, -0.2) is 4.98 Å². The summed E-state index contributed by atoms with van der Waals surface area (Å²) in [7, 11) is 1.87.